The van der Waals surface area contributed by atoms with Gasteiger partial charge in [-0.2, -0.15) is 0 Å². The van der Waals surface area contributed by atoms with Crippen molar-refractivity contribution in [2.75, 3.05) is 39.9 Å². The number of urea groups is 1. The first-order valence-corrected chi connectivity index (χ1v) is 5.39. The van der Waals surface area contributed by atoms with E-state index in [0.29, 0.717) is 13.2 Å². The Kier molecular flexibility index (Phi) is 5.04. The maximum atomic E-state index is 11.9. The number of carboxylic acid groups (broad SMARTS) is 1. The van der Waals surface area contributed by atoms with E-state index in [1.807, 2.05) is 0 Å². The molecule has 1 saturated heterocycles. The van der Waals surface area contributed by atoms with Crippen LogP contribution in [0.5, 0.6) is 0 Å². The van der Waals surface area contributed by atoms with Crippen molar-refractivity contribution in [3.63, 3.8) is 0 Å². The standard InChI is InChI=1S/C10H18N2O4/c1-16-7-6-12(8-9(13)14)10(15)11-4-2-3-5-11/h2-8H2,1H3,(H,13,14). The van der Waals surface area contributed by atoms with Gasteiger partial charge >= 0.3 is 12.0 Å². The Bertz CT molecular complexity index is 251. The second kappa shape index (κ2) is 6.32. The number of ether oxygens (including phenoxy) is 1. The molecule has 1 aliphatic rings. The zero-order chi connectivity index (χ0) is 12.0. The zero-order valence-corrected chi connectivity index (χ0v) is 9.52. The molecule has 0 aliphatic carbocycles. The molecule has 6 nitrogen and oxygen atoms in total. The van der Waals surface area contributed by atoms with Crippen molar-refractivity contribution in [2.45, 2.75) is 12.8 Å². The Morgan fingerprint density at radius 2 is 2.00 bits per heavy atom. The molecule has 1 aliphatic heterocycles. The molecule has 1 rings (SSSR count). The number of hydrogen-bond donors (Lipinski definition) is 1. The number of amides is 2. The van der Waals surface area contributed by atoms with Gasteiger partial charge < -0.3 is 19.6 Å². The van der Waals surface area contributed by atoms with Crippen molar-refractivity contribution in [1.29, 1.82) is 0 Å². The first-order chi connectivity index (χ1) is 7.65. The molecule has 0 aromatic carbocycles. The molecule has 0 aromatic rings. The highest BCUT2D eigenvalue weighted by molar-refractivity contribution is 5.80. The van der Waals surface area contributed by atoms with E-state index in [0.717, 1.165) is 25.9 Å². The Hall–Kier alpha value is -1.30. The lowest BCUT2D eigenvalue weighted by Crippen LogP contribution is -2.45. The summed E-state index contributed by atoms with van der Waals surface area (Å²) in [5.74, 6) is -0.997. The van der Waals surface area contributed by atoms with Crippen LogP contribution in [0.4, 0.5) is 4.79 Å². The molecule has 0 spiro atoms. The summed E-state index contributed by atoms with van der Waals surface area (Å²) in [5, 5.41) is 8.72. The molecule has 0 saturated carbocycles. The summed E-state index contributed by atoms with van der Waals surface area (Å²) < 4.78 is 4.86. The molecule has 92 valence electrons. The minimum atomic E-state index is -0.997. The summed E-state index contributed by atoms with van der Waals surface area (Å²) >= 11 is 0. The van der Waals surface area contributed by atoms with Crippen LogP contribution >= 0.6 is 0 Å². The third-order valence-electron chi connectivity index (χ3n) is 2.54. The number of carboxylic acids is 1. The highest BCUT2D eigenvalue weighted by atomic mass is 16.5. The zero-order valence-electron chi connectivity index (χ0n) is 9.52. The van der Waals surface area contributed by atoms with E-state index >= 15 is 0 Å². The quantitative estimate of drug-likeness (QED) is 0.734. The highest BCUT2D eigenvalue weighted by Crippen LogP contribution is 2.10. The lowest BCUT2D eigenvalue weighted by atomic mass is 10.4. The van der Waals surface area contributed by atoms with Crippen LogP contribution in [0.25, 0.3) is 0 Å². The minimum absolute atomic E-state index is 0.197. The van der Waals surface area contributed by atoms with E-state index < -0.39 is 5.97 Å². The van der Waals surface area contributed by atoms with Gasteiger partial charge in [0.2, 0.25) is 0 Å². The Morgan fingerprint density at radius 3 is 2.50 bits per heavy atom. The van der Waals surface area contributed by atoms with Crippen LogP contribution in [-0.2, 0) is 9.53 Å². The summed E-state index contributed by atoms with van der Waals surface area (Å²) in [5.41, 5.74) is 0. The molecule has 0 aromatic heterocycles. The molecule has 6 heteroatoms. The number of carbonyl (C=O) groups excluding carboxylic acids is 1. The van der Waals surface area contributed by atoms with E-state index in [1.165, 1.54) is 12.0 Å². The number of methoxy groups -OCH3 is 1. The number of rotatable bonds is 5. The third-order valence-corrected chi connectivity index (χ3v) is 2.54. The third kappa shape index (κ3) is 3.69. The molecule has 1 fully saturated rings. The van der Waals surface area contributed by atoms with E-state index in [2.05, 4.69) is 0 Å². The predicted octanol–water partition coefficient (Wildman–Crippen LogP) is 0.235. The van der Waals surface area contributed by atoms with Crippen molar-refractivity contribution < 1.29 is 19.4 Å². The summed E-state index contributed by atoms with van der Waals surface area (Å²) in [6.07, 6.45) is 1.99. The SMILES string of the molecule is COCCN(CC(=O)O)C(=O)N1CCCC1. The van der Waals surface area contributed by atoms with Gasteiger partial charge in [-0.1, -0.05) is 0 Å². The van der Waals surface area contributed by atoms with E-state index in [1.54, 1.807) is 4.90 Å². The molecular weight excluding hydrogens is 212 g/mol. The smallest absolute Gasteiger partial charge is 0.323 e. The van der Waals surface area contributed by atoms with Crippen molar-refractivity contribution in [3.8, 4) is 0 Å². The maximum absolute atomic E-state index is 11.9. The summed E-state index contributed by atoms with van der Waals surface area (Å²) in [4.78, 5) is 25.6. The average molecular weight is 230 g/mol. The number of nitrogens with zero attached hydrogens (tertiary/aromatic N) is 2. The van der Waals surface area contributed by atoms with Gasteiger partial charge in [0.05, 0.1) is 6.61 Å². The van der Waals surface area contributed by atoms with Gasteiger partial charge in [0.25, 0.3) is 0 Å². The average Bonchev–Trinajstić information content (AvgIpc) is 2.76. The normalized spacial score (nSPS) is 15.2. The molecule has 0 atom stereocenters. The second-order valence-electron chi connectivity index (χ2n) is 3.78. The Morgan fingerprint density at radius 1 is 1.38 bits per heavy atom. The van der Waals surface area contributed by atoms with Gasteiger partial charge in [-0.3, -0.25) is 4.79 Å². The van der Waals surface area contributed by atoms with Gasteiger partial charge in [0, 0.05) is 26.7 Å². The highest BCUT2D eigenvalue weighted by Gasteiger charge is 2.24. The topological polar surface area (TPSA) is 70.1 Å². The monoisotopic (exact) mass is 230 g/mol. The molecule has 16 heavy (non-hydrogen) atoms. The van der Waals surface area contributed by atoms with Crippen molar-refractivity contribution in [3.05, 3.63) is 0 Å². The van der Waals surface area contributed by atoms with E-state index in [9.17, 15) is 9.59 Å². The van der Waals surface area contributed by atoms with Crippen molar-refractivity contribution in [1.82, 2.24) is 9.80 Å². The molecule has 1 N–H and O–H groups in total. The summed E-state index contributed by atoms with van der Waals surface area (Å²) in [6.45, 7) is 1.85. The number of carbonyl (C=O) groups is 2. The molecule has 0 bridgehead atoms. The molecule has 0 radical (unpaired) electrons. The van der Waals surface area contributed by atoms with Gasteiger partial charge in [-0.25, -0.2) is 4.79 Å². The first-order valence-electron chi connectivity index (χ1n) is 5.39. The van der Waals surface area contributed by atoms with Crippen LogP contribution in [0.1, 0.15) is 12.8 Å². The molecule has 2 amide bonds. The number of likely N-dealkylation sites (tertiary alicyclic amines) is 1. The Labute approximate surface area is 94.8 Å². The summed E-state index contributed by atoms with van der Waals surface area (Å²) in [7, 11) is 1.53. The second-order valence-corrected chi connectivity index (χ2v) is 3.78. The molecular formula is C10H18N2O4. The fourth-order valence-electron chi connectivity index (χ4n) is 1.72. The minimum Gasteiger partial charge on any atom is -0.480 e. The fourth-order valence-corrected chi connectivity index (χ4v) is 1.72. The van der Waals surface area contributed by atoms with E-state index in [-0.39, 0.29) is 12.6 Å². The lowest BCUT2D eigenvalue weighted by Gasteiger charge is -2.26. The van der Waals surface area contributed by atoms with Crippen LogP contribution in [0.3, 0.4) is 0 Å². The van der Waals surface area contributed by atoms with Crippen LogP contribution < -0.4 is 0 Å². The van der Waals surface area contributed by atoms with Crippen LogP contribution in [0, 0.1) is 0 Å². The maximum Gasteiger partial charge on any atom is 0.323 e. The number of hydrogen-bond acceptors (Lipinski definition) is 3. The Balaban J connectivity index is 2.51. The van der Waals surface area contributed by atoms with Crippen molar-refractivity contribution >= 4 is 12.0 Å². The lowest BCUT2D eigenvalue weighted by molar-refractivity contribution is -0.137. The van der Waals surface area contributed by atoms with Gasteiger partial charge in [-0.15, -0.1) is 0 Å². The van der Waals surface area contributed by atoms with Crippen LogP contribution in [0.2, 0.25) is 0 Å². The first kappa shape index (κ1) is 12.8. The summed E-state index contributed by atoms with van der Waals surface area (Å²) in [6, 6.07) is -0.197. The van der Waals surface area contributed by atoms with Gasteiger partial charge in [0.15, 0.2) is 0 Å². The van der Waals surface area contributed by atoms with Crippen LogP contribution in [-0.4, -0.2) is 66.8 Å². The largest absolute Gasteiger partial charge is 0.480 e. The van der Waals surface area contributed by atoms with Crippen LogP contribution in [0.15, 0.2) is 0 Å². The predicted molar refractivity (Wildman–Crippen MR) is 57.3 cm³/mol. The van der Waals surface area contributed by atoms with E-state index in [4.69, 9.17) is 9.84 Å². The molecule has 1 heterocycles. The van der Waals surface area contributed by atoms with Gasteiger partial charge in [0.1, 0.15) is 6.54 Å². The number of aliphatic carboxylic acids is 1. The molecule has 0 unspecified atom stereocenters. The fraction of sp³-hybridized carbons (Fsp3) is 0.800. The van der Waals surface area contributed by atoms with Gasteiger partial charge in [-0.05, 0) is 12.8 Å². The van der Waals surface area contributed by atoms with Crippen molar-refractivity contribution in [2.24, 2.45) is 0 Å².